The van der Waals surface area contributed by atoms with Gasteiger partial charge in [0, 0.05) is 12.1 Å². The molecular weight excluding hydrogens is 335 g/mol. The molecular formula is C13H15BF4N2O2S. The maximum Gasteiger partial charge on any atom is 0.673 e. The van der Waals surface area contributed by atoms with Crippen molar-refractivity contribution in [2.75, 3.05) is 11.5 Å². The predicted octanol–water partition coefficient (Wildman–Crippen LogP) is 2.54. The van der Waals surface area contributed by atoms with Crippen LogP contribution in [-0.2, 0) is 10.0 Å². The zero-order valence-corrected chi connectivity index (χ0v) is 13.2. The van der Waals surface area contributed by atoms with E-state index in [1.54, 1.807) is 48.8 Å². The van der Waals surface area contributed by atoms with Gasteiger partial charge in [0.05, 0.1) is 11.9 Å². The van der Waals surface area contributed by atoms with Gasteiger partial charge in [-0.3, -0.25) is 0 Å². The summed E-state index contributed by atoms with van der Waals surface area (Å²) < 4.78 is 66.4. The SMILES string of the molecule is Cc1ccc(S(=O)(=O)N(C)[n+]2ccccc2)cc1.F[B-](F)(F)F. The summed E-state index contributed by atoms with van der Waals surface area (Å²) in [5, 5.41) is 0. The summed E-state index contributed by atoms with van der Waals surface area (Å²) in [5.41, 5.74) is 1.03. The van der Waals surface area contributed by atoms with Crippen LogP contribution in [0.5, 0.6) is 0 Å². The first-order valence-electron chi connectivity index (χ1n) is 6.41. The van der Waals surface area contributed by atoms with Crippen LogP contribution < -0.4 is 9.09 Å². The Morgan fingerprint density at radius 2 is 1.39 bits per heavy atom. The molecule has 0 bridgehead atoms. The smallest absolute Gasteiger partial charge is 0.418 e. The molecule has 2 rings (SSSR count). The van der Waals surface area contributed by atoms with Crippen molar-refractivity contribution in [1.29, 1.82) is 0 Å². The van der Waals surface area contributed by atoms with E-state index in [2.05, 4.69) is 0 Å². The van der Waals surface area contributed by atoms with Gasteiger partial charge in [-0.2, -0.15) is 8.42 Å². The van der Waals surface area contributed by atoms with Gasteiger partial charge in [0.1, 0.15) is 0 Å². The van der Waals surface area contributed by atoms with Crippen molar-refractivity contribution in [3.8, 4) is 0 Å². The van der Waals surface area contributed by atoms with Crippen molar-refractivity contribution in [3.63, 3.8) is 0 Å². The molecule has 0 atom stereocenters. The molecule has 0 aliphatic heterocycles. The highest BCUT2D eigenvalue weighted by atomic mass is 32.2. The molecule has 4 nitrogen and oxygen atoms in total. The minimum Gasteiger partial charge on any atom is -0.418 e. The van der Waals surface area contributed by atoms with Crippen LogP contribution in [0.2, 0.25) is 0 Å². The molecule has 1 heterocycles. The molecule has 0 fully saturated rings. The maximum absolute atomic E-state index is 12.3. The Morgan fingerprint density at radius 1 is 0.957 bits per heavy atom. The lowest BCUT2D eigenvalue weighted by atomic mass is 10.2. The third kappa shape index (κ3) is 6.27. The van der Waals surface area contributed by atoms with Crippen LogP contribution in [-0.4, -0.2) is 22.7 Å². The molecule has 0 N–H and O–H groups in total. The largest absolute Gasteiger partial charge is 0.673 e. The van der Waals surface area contributed by atoms with Gasteiger partial charge in [0.2, 0.25) is 12.4 Å². The van der Waals surface area contributed by atoms with Gasteiger partial charge in [-0.15, -0.1) is 0 Å². The Morgan fingerprint density at radius 3 is 1.83 bits per heavy atom. The number of aromatic nitrogens is 1. The number of hydrogen-bond acceptors (Lipinski definition) is 2. The molecule has 23 heavy (non-hydrogen) atoms. The highest BCUT2D eigenvalue weighted by Gasteiger charge is 2.26. The minimum atomic E-state index is -6.00. The van der Waals surface area contributed by atoms with Crippen molar-refractivity contribution < 1.29 is 30.4 Å². The van der Waals surface area contributed by atoms with E-state index in [4.69, 9.17) is 0 Å². The second kappa shape index (κ2) is 7.45. The number of nitrogens with zero attached hydrogens (tertiary/aromatic N) is 2. The van der Waals surface area contributed by atoms with Crippen molar-refractivity contribution in [2.45, 2.75) is 11.8 Å². The van der Waals surface area contributed by atoms with E-state index in [1.807, 2.05) is 13.0 Å². The van der Waals surface area contributed by atoms with E-state index in [1.165, 1.54) is 16.1 Å². The number of pyridine rings is 1. The Balaban J connectivity index is 0.000000463. The molecule has 1 aromatic heterocycles. The maximum atomic E-state index is 12.3. The molecule has 0 amide bonds. The Hall–Kier alpha value is -2.10. The molecule has 0 radical (unpaired) electrons. The first kappa shape index (κ1) is 19.0. The van der Waals surface area contributed by atoms with Crippen LogP contribution in [0.15, 0.2) is 59.8 Å². The third-order valence-electron chi connectivity index (χ3n) is 2.69. The van der Waals surface area contributed by atoms with Crippen LogP contribution in [0.25, 0.3) is 0 Å². The fraction of sp³-hybridized carbons (Fsp3) is 0.154. The molecule has 0 aliphatic carbocycles. The van der Waals surface area contributed by atoms with Crippen molar-refractivity contribution in [1.82, 2.24) is 0 Å². The molecule has 0 unspecified atom stereocenters. The average Bonchev–Trinajstić information content (AvgIpc) is 2.46. The number of benzene rings is 1. The van der Waals surface area contributed by atoms with Crippen molar-refractivity contribution in [3.05, 3.63) is 60.4 Å². The van der Waals surface area contributed by atoms with E-state index in [0.717, 1.165) is 5.56 Å². The predicted molar refractivity (Wildman–Crippen MR) is 79.3 cm³/mol. The summed E-state index contributed by atoms with van der Waals surface area (Å²) >= 11 is 0. The van der Waals surface area contributed by atoms with Gasteiger partial charge < -0.3 is 17.3 Å². The summed E-state index contributed by atoms with van der Waals surface area (Å²) in [6.45, 7) is 1.92. The van der Waals surface area contributed by atoms with E-state index in [9.17, 15) is 25.7 Å². The van der Waals surface area contributed by atoms with Gasteiger partial charge in [0.15, 0.2) is 0 Å². The van der Waals surface area contributed by atoms with Crippen LogP contribution in [0.3, 0.4) is 0 Å². The lowest BCUT2D eigenvalue weighted by molar-refractivity contribution is -0.673. The zero-order chi connectivity index (χ0) is 17.7. The van der Waals surface area contributed by atoms with Gasteiger partial charge in [-0.25, -0.2) is 0 Å². The Kier molecular flexibility index (Phi) is 6.14. The molecule has 0 spiro atoms. The lowest BCUT2D eigenvalue weighted by Gasteiger charge is -2.12. The minimum absolute atomic E-state index is 0.284. The van der Waals surface area contributed by atoms with Gasteiger partial charge in [0.25, 0.3) is 0 Å². The number of halogens is 4. The third-order valence-corrected chi connectivity index (χ3v) is 4.44. The molecule has 0 aliphatic rings. The first-order chi connectivity index (χ1) is 10.5. The van der Waals surface area contributed by atoms with Crippen molar-refractivity contribution >= 4 is 17.3 Å². The standard InChI is InChI=1S/C13H15N2O2S.BF4/c1-12-6-8-13(9-7-12)18(16,17)14(2)15-10-4-3-5-11-15;2-1(3,4)5/h3-11H,1-2H3;/q+1;-1. The fourth-order valence-corrected chi connectivity index (χ4v) is 2.71. The molecule has 126 valence electrons. The number of hydrogen-bond donors (Lipinski definition) is 0. The fourth-order valence-electron chi connectivity index (χ4n) is 1.56. The second-order valence-corrected chi connectivity index (χ2v) is 6.45. The highest BCUT2D eigenvalue weighted by Crippen LogP contribution is 2.12. The number of rotatable bonds is 3. The van der Waals surface area contributed by atoms with Crippen LogP contribution in [0.1, 0.15) is 5.56 Å². The molecule has 0 saturated heterocycles. The summed E-state index contributed by atoms with van der Waals surface area (Å²) in [7, 11) is -7.99. The quantitative estimate of drug-likeness (QED) is 0.485. The topological polar surface area (TPSA) is 41.3 Å². The van der Waals surface area contributed by atoms with Gasteiger partial charge in [-0.05, 0) is 19.1 Å². The molecule has 0 saturated carbocycles. The number of sulfonamides is 1. The average molecular weight is 350 g/mol. The first-order valence-corrected chi connectivity index (χ1v) is 7.85. The van der Waals surface area contributed by atoms with E-state index < -0.39 is 17.3 Å². The zero-order valence-electron chi connectivity index (χ0n) is 12.4. The monoisotopic (exact) mass is 350 g/mol. The van der Waals surface area contributed by atoms with Crippen molar-refractivity contribution in [2.24, 2.45) is 0 Å². The normalized spacial score (nSPS) is 11.4. The molecule has 2 aromatic rings. The molecule has 10 heteroatoms. The van der Waals surface area contributed by atoms with Crippen LogP contribution >= 0.6 is 0 Å². The van der Waals surface area contributed by atoms with Gasteiger partial charge >= 0.3 is 17.3 Å². The summed E-state index contributed by atoms with van der Waals surface area (Å²) in [6.07, 6.45) is 3.37. The summed E-state index contributed by atoms with van der Waals surface area (Å²) in [4.78, 5) is 0.284. The number of aryl methyl sites for hydroxylation is 1. The van der Waals surface area contributed by atoms with E-state index in [-0.39, 0.29) is 4.90 Å². The molecule has 1 aromatic carbocycles. The lowest BCUT2D eigenvalue weighted by Crippen LogP contribution is -2.57. The Bertz CT molecular complexity index is 716. The van der Waals surface area contributed by atoms with E-state index in [0.29, 0.717) is 0 Å². The van der Waals surface area contributed by atoms with Gasteiger partial charge in [-0.1, -0.05) is 32.9 Å². The van der Waals surface area contributed by atoms with E-state index >= 15 is 0 Å². The summed E-state index contributed by atoms with van der Waals surface area (Å²) in [6, 6.07) is 12.2. The summed E-state index contributed by atoms with van der Waals surface area (Å²) in [5.74, 6) is 0. The highest BCUT2D eigenvalue weighted by molar-refractivity contribution is 7.92. The van der Waals surface area contributed by atoms with Crippen LogP contribution in [0, 0.1) is 6.92 Å². The Labute approximate surface area is 132 Å². The second-order valence-electron chi connectivity index (χ2n) is 4.50. The van der Waals surface area contributed by atoms with Crippen LogP contribution in [0.4, 0.5) is 17.3 Å².